The fourth-order valence-electron chi connectivity index (χ4n) is 2.02. The Labute approximate surface area is 99.5 Å². The first kappa shape index (κ1) is 11.9. The van der Waals surface area contributed by atoms with Crippen molar-refractivity contribution < 1.29 is 0 Å². The molecule has 1 aliphatic heterocycles. The van der Waals surface area contributed by atoms with Crippen LogP contribution < -0.4 is 16.1 Å². The molecule has 1 aromatic rings. The zero-order chi connectivity index (χ0) is 12.4. The maximum Gasteiger partial charge on any atom is 0.329 e. The quantitative estimate of drug-likeness (QED) is 0.734. The largest absolute Gasteiger partial charge is 0.355 e. The second-order valence-corrected chi connectivity index (χ2v) is 4.28. The van der Waals surface area contributed by atoms with Gasteiger partial charge < -0.3 is 9.80 Å². The molecule has 0 saturated carbocycles. The van der Waals surface area contributed by atoms with Gasteiger partial charge in [-0.15, -0.1) is 0 Å². The van der Waals surface area contributed by atoms with E-state index >= 15 is 0 Å². The molecular weight excluding hydrogens is 220 g/mol. The molecule has 1 fully saturated rings. The lowest BCUT2D eigenvalue weighted by Crippen LogP contribution is -2.47. The summed E-state index contributed by atoms with van der Waals surface area (Å²) in [4.78, 5) is 30.2. The summed E-state index contributed by atoms with van der Waals surface area (Å²) >= 11 is 0. The van der Waals surface area contributed by atoms with Crippen molar-refractivity contribution in [3.05, 3.63) is 26.9 Å². The van der Waals surface area contributed by atoms with E-state index in [4.69, 9.17) is 0 Å². The second kappa shape index (κ2) is 4.75. The molecule has 0 radical (unpaired) electrons. The molecule has 0 unspecified atom stereocenters. The molecule has 0 aliphatic carbocycles. The zero-order valence-electron chi connectivity index (χ0n) is 10.3. The molecule has 0 amide bonds. The Morgan fingerprint density at radius 3 is 2.41 bits per heavy atom. The third kappa shape index (κ3) is 2.41. The van der Waals surface area contributed by atoms with E-state index in [2.05, 4.69) is 21.7 Å². The third-order valence-electron chi connectivity index (χ3n) is 3.29. The van der Waals surface area contributed by atoms with E-state index in [1.165, 1.54) is 13.1 Å². The van der Waals surface area contributed by atoms with Gasteiger partial charge in [-0.3, -0.25) is 14.3 Å². The van der Waals surface area contributed by atoms with Gasteiger partial charge in [0.15, 0.2) is 0 Å². The van der Waals surface area contributed by atoms with Crippen LogP contribution in [0.4, 0.5) is 5.82 Å². The maximum absolute atomic E-state index is 11.5. The van der Waals surface area contributed by atoms with E-state index in [1.807, 2.05) is 0 Å². The summed E-state index contributed by atoms with van der Waals surface area (Å²) < 4.78 is 1.08. The second-order valence-electron chi connectivity index (χ2n) is 4.28. The van der Waals surface area contributed by atoms with Crippen molar-refractivity contribution in [1.29, 1.82) is 0 Å². The molecule has 2 heterocycles. The molecule has 0 spiro atoms. The van der Waals surface area contributed by atoms with Crippen molar-refractivity contribution in [2.45, 2.75) is 6.92 Å². The molecule has 6 nitrogen and oxygen atoms in total. The van der Waals surface area contributed by atoms with E-state index in [1.54, 1.807) is 0 Å². The topological polar surface area (TPSA) is 61.3 Å². The molecule has 6 heteroatoms. The number of aromatic nitrogens is 2. The van der Waals surface area contributed by atoms with Crippen LogP contribution in [0.15, 0.2) is 15.7 Å². The number of piperazine rings is 1. The summed E-state index contributed by atoms with van der Waals surface area (Å²) in [5, 5.41) is 0. The van der Waals surface area contributed by atoms with Crippen LogP contribution in [0, 0.1) is 0 Å². The maximum atomic E-state index is 11.5. The lowest BCUT2D eigenvalue weighted by atomic mass is 10.3. The number of likely N-dealkylation sites (N-methyl/N-ethyl adjacent to an activating group) is 1. The van der Waals surface area contributed by atoms with Gasteiger partial charge in [0.1, 0.15) is 5.82 Å². The summed E-state index contributed by atoms with van der Waals surface area (Å²) in [6.45, 7) is 6.80. The minimum Gasteiger partial charge on any atom is -0.355 e. The molecule has 0 bridgehead atoms. The minimum atomic E-state index is -0.356. The monoisotopic (exact) mass is 238 g/mol. The fourth-order valence-corrected chi connectivity index (χ4v) is 2.02. The van der Waals surface area contributed by atoms with Crippen LogP contribution in [0.3, 0.4) is 0 Å². The number of nitrogens with one attached hydrogen (secondary N) is 1. The van der Waals surface area contributed by atoms with Crippen LogP contribution in [-0.4, -0.2) is 47.2 Å². The highest BCUT2D eigenvalue weighted by atomic mass is 16.2. The van der Waals surface area contributed by atoms with Gasteiger partial charge in [-0.25, -0.2) is 4.79 Å². The molecule has 1 aromatic heterocycles. The predicted molar refractivity (Wildman–Crippen MR) is 66.6 cm³/mol. The van der Waals surface area contributed by atoms with E-state index in [0.717, 1.165) is 37.3 Å². The standard InChI is InChI=1S/C11H18N4O2/c1-3-14-4-6-15(7-5-14)9-8-10(16)13(2)11(17)12-9/h8H,3-7H2,1-2H3,(H,12,17). The highest BCUT2D eigenvalue weighted by Crippen LogP contribution is 2.09. The van der Waals surface area contributed by atoms with Crippen LogP contribution in [0.5, 0.6) is 0 Å². The van der Waals surface area contributed by atoms with Crippen molar-refractivity contribution in [3.63, 3.8) is 0 Å². The molecule has 0 atom stereocenters. The van der Waals surface area contributed by atoms with Crippen molar-refractivity contribution in [1.82, 2.24) is 14.5 Å². The third-order valence-corrected chi connectivity index (χ3v) is 3.29. The van der Waals surface area contributed by atoms with Crippen molar-refractivity contribution in [3.8, 4) is 0 Å². The van der Waals surface area contributed by atoms with E-state index in [9.17, 15) is 9.59 Å². The zero-order valence-corrected chi connectivity index (χ0v) is 10.3. The van der Waals surface area contributed by atoms with Crippen molar-refractivity contribution in [2.75, 3.05) is 37.6 Å². The van der Waals surface area contributed by atoms with Crippen molar-refractivity contribution in [2.24, 2.45) is 7.05 Å². The average molecular weight is 238 g/mol. The van der Waals surface area contributed by atoms with Gasteiger partial charge in [0.05, 0.1) is 0 Å². The molecule has 17 heavy (non-hydrogen) atoms. The van der Waals surface area contributed by atoms with E-state index in [0.29, 0.717) is 5.82 Å². The Bertz CT molecular complexity index is 466. The Balaban J connectivity index is 2.19. The Morgan fingerprint density at radius 1 is 1.24 bits per heavy atom. The smallest absolute Gasteiger partial charge is 0.329 e. The first-order valence-electron chi connectivity index (χ1n) is 5.89. The van der Waals surface area contributed by atoms with E-state index in [-0.39, 0.29) is 11.2 Å². The Kier molecular flexibility index (Phi) is 3.33. The summed E-state index contributed by atoms with van der Waals surface area (Å²) in [6.07, 6.45) is 0. The van der Waals surface area contributed by atoms with Crippen LogP contribution in [0.2, 0.25) is 0 Å². The first-order chi connectivity index (χ1) is 8.11. The number of hydrogen-bond acceptors (Lipinski definition) is 4. The Morgan fingerprint density at radius 2 is 1.88 bits per heavy atom. The van der Waals surface area contributed by atoms with E-state index < -0.39 is 0 Å². The minimum absolute atomic E-state index is 0.262. The van der Waals surface area contributed by atoms with Gasteiger partial charge in [-0.2, -0.15) is 0 Å². The fraction of sp³-hybridized carbons (Fsp3) is 0.636. The molecule has 0 aromatic carbocycles. The predicted octanol–water partition coefficient (Wildman–Crippen LogP) is -0.784. The van der Waals surface area contributed by atoms with Gasteiger partial charge in [0, 0.05) is 39.3 Å². The lowest BCUT2D eigenvalue weighted by Gasteiger charge is -2.34. The highest BCUT2D eigenvalue weighted by Gasteiger charge is 2.17. The number of rotatable bonds is 2. The molecule has 94 valence electrons. The molecule has 1 N–H and O–H groups in total. The van der Waals surface area contributed by atoms with Gasteiger partial charge in [-0.05, 0) is 6.54 Å². The summed E-state index contributed by atoms with van der Waals surface area (Å²) in [6, 6.07) is 1.49. The number of H-pyrrole nitrogens is 1. The van der Waals surface area contributed by atoms with Gasteiger partial charge in [0.25, 0.3) is 5.56 Å². The number of hydrogen-bond donors (Lipinski definition) is 1. The van der Waals surface area contributed by atoms with Crippen LogP contribution in [-0.2, 0) is 7.05 Å². The number of aromatic amines is 1. The van der Waals surface area contributed by atoms with Crippen LogP contribution in [0.25, 0.3) is 0 Å². The molecule has 1 aliphatic rings. The van der Waals surface area contributed by atoms with Crippen molar-refractivity contribution >= 4 is 5.82 Å². The van der Waals surface area contributed by atoms with Gasteiger partial charge >= 0.3 is 5.69 Å². The highest BCUT2D eigenvalue weighted by molar-refractivity contribution is 5.37. The summed E-state index contributed by atoms with van der Waals surface area (Å²) in [5.74, 6) is 0.633. The molecule has 2 rings (SSSR count). The average Bonchev–Trinajstić information content (AvgIpc) is 2.35. The Hall–Kier alpha value is -1.56. The normalized spacial score (nSPS) is 17.4. The first-order valence-corrected chi connectivity index (χ1v) is 5.89. The van der Waals surface area contributed by atoms with Crippen LogP contribution in [0.1, 0.15) is 6.92 Å². The number of anilines is 1. The van der Waals surface area contributed by atoms with Gasteiger partial charge in [-0.1, -0.05) is 6.92 Å². The summed E-state index contributed by atoms with van der Waals surface area (Å²) in [7, 11) is 1.47. The molecular formula is C11H18N4O2. The number of nitrogens with zero attached hydrogens (tertiary/aromatic N) is 3. The molecule has 1 saturated heterocycles. The SMILES string of the molecule is CCN1CCN(c2cc(=O)n(C)c(=O)[nH]2)CC1. The van der Waals surface area contributed by atoms with Crippen LogP contribution >= 0.6 is 0 Å². The lowest BCUT2D eigenvalue weighted by molar-refractivity contribution is 0.270. The van der Waals surface area contributed by atoms with Gasteiger partial charge in [0.2, 0.25) is 0 Å². The summed E-state index contributed by atoms with van der Waals surface area (Å²) in [5.41, 5.74) is -0.618.